The van der Waals surface area contributed by atoms with Gasteiger partial charge in [0.25, 0.3) is 0 Å². The molecular formula is C25H28N2O7. The van der Waals surface area contributed by atoms with Crippen molar-refractivity contribution in [3.63, 3.8) is 0 Å². The van der Waals surface area contributed by atoms with Gasteiger partial charge in [-0.25, -0.2) is 4.79 Å². The van der Waals surface area contributed by atoms with Crippen LogP contribution in [-0.4, -0.2) is 44.1 Å². The van der Waals surface area contributed by atoms with Gasteiger partial charge in [0.2, 0.25) is 5.91 Å². The summed E-state index contributed by atoms with van der Waals surface area (Å²) in [6, 6.07) is 2.22. The van der Waals surface area contributed by atoms with Gasteiger partial charge in [-0.3, -0.25) is 4.79 Å². The fourth-order valence-corrected chi connectivity index (χ4v) is 8.03. The predicted octanol–water partition coefficient (Wildman–Crippen LogP) is 3.59. The van der Waals surface area contributed by atoms with Crippen LogP contribution in [0.2, 0.25) is 0 Å². The quantitative estimate of drug-likeness (QED) is 0.488. The van der Waals surface area contributed by atoms with E-state index in [1.165, 1.54) is 0 Å². The molecule has 9 nitrogen and oxygen atoms in total. The Morgan fingerprint density at radius 3 is 2.79 bits per heavy atom. The highest BCUT2D eigenvalue weighted by Crippen LogP contribution is 2.72. The van der Waals surface area contributed by atoms with Crippen molar-refractivity contribution in [3.8, 4) is 11.5 Å². The lowest BCUT2D eigenvalue weighted by molar-refractivity contribution is -0.162. The molecule has 0 radical (unpaired) electrons. The molecule has 2 aliphatic heterocycles. The summed E-state index contributed by atoms with van der Waals surface area (Å²) >= 11 is 0. The van der Waals surface area contributed by atoms with Crippen LogP contribution in [0.15, 0.2) is 22.9 Å². The van der Waals surface area contributed by atoms with Crippen LogP contribution >= 0.6 is 0 Å². The second-order valence-electron chi connectivity index (χ2n) is 11.1. The third-order valence-corrected chi connectivity index (χ3v) is 9.10. The molecule has 2 saturated carbocycles. The number of nitrogens with one attached hydrogen (secondary N) is 1. The van der Waals surface area contributed by atoms with Crippen molar-refractivity contribution in [1.82, 2.24) is 5.16 Å². The fourth-order valence-electron chi connectivity index (χ4n) is 8.03. The van der Waals surface area contributed by atoms with Crippen molar-refractivity contribution in [2.45, 2.75) is 69.5 Å². The summed E-state index contributed by atoms with van der Waals surface area (Å²) in [5, 5.41) is 36.2. The summed E-state index contributed by atoms with van der Waals surface area (Å²) in [6.45, 7) is 4.37. The van der Waals surface area contributed by atoms with E-state index in [9.17, 15) is 24.9 Å². The second-order valence-corrected chi connectivity index (χ2v) is 11.1. The smallest absolute Gasteiger partial charge is 0.339 e. The number of carboxylic acid groups (broad SMARTS) is 1. The highest BCUT2D eigenvalue weighted by molar-refractivity contribution is 5.99. The van der Waals surface area contributed by atoms with Crippen LogP contribution < -0.4 is 5.32 Å². The molecule has 180 valence electrons. The zero-order valence-corrected chi connectivity index (χ0v) is 19.1. The molecule has 34 heavy (non-hydrogen) atoms. The van der Waals surface area contributed by atoms with Crippen LogP contribution in [0.1, 0.15) is 67.6 Å². The van der Waals surface area contributed by atoms with E-state index in [0.29, 0.717) is 12.3 Å². The number of hydrogen-bond acceptors (Lipinski definition) is 7. The number of amides is 1. The number of benzene rings is 1. The van der Waals surface area contributed by atoms with Crippen molar-refractivity contribution in [2.24, 2.45) is 17.3 Å². The minimum atomic E-state index is -1.36. The van der Waals surface area contributed by atoms with Gasteiger partial charge in [-0.2, -0.15) is 0 Å². The minimum Gasteiger partial charge on any atom is -0.506 e. The lowest BCUT2D eigenvalue weighted by atomic mass is 9.49. The summed E-state index contributed by atoms with van der Waals surface area (Å²) in [7, 11) is 0. The number of aromatic nitrogens is 1. The molecule has 4 N–H and O–H groups in total. The molecule has 4 fully saturated rings. The van der Waals surface area contributed by atoms with Crippen LogP contribution in [-0.2, 0) is 21.4 Å². The number of phenols is 2. The lowest BCUT2D eigenvalue weighted by Crippen LogP contribution is -2.57. The van der Waals surface area contributed by atoms with Gasteiger partial charge in [-0.1, -0.05) is 12.1 Å². The Morgan fingerprint density at radius 2 is 2.06 bits per heavy atom. The number of anilines is 1. The van der Waals surface area contributed by atoms with Gasteiger partial charge in [0.15, 0.2) is 5.75 Å². The summed E-state index contributed by atoms with van der Waals surface area (Å²) < 4.78 is 12.3. The van der Waals surface area contributed by atoms with Crippen LogP contribution in [0.25, 0.3) is 0 Å². The third kappa shape index (κ3) is 2.73. The SMILES string of the molecule is C[C@]12C[C@@]34Cc5cnoc5[C@@](C)(CCC(=O)Nc5c(O)ccc(C(=O)O)c5O)[C@@H]3[C@H](C[C@@H]1C4)O2. The van der Waals surface area contributed by atoms with Gasteiger partial charge in [-0.15, -0.1) is 0 Å². The van der Waals surface area contributed by atoms with Crippen LogP contribution in [0.3, 0.4) is 0 Å². The zero-order valence-electron chi connectivity index (χ0n) is 19.1. The van der Waals surface area contributed by atoms with Gasteiger partial charge in [-0.05, 0) is 62.5 Å². The van der Waals surface area contributed by atoms with Crippen molar-refractivity contribution < 1.29 is 34.2 Å². The van der Waals surface area contributed by atoms with E-state index in [-0.39, 0.29) is 35.1 Å². The van der Waals surface area contributed by atoms with E-state index < -0.39 is 34.4 Å². The molecular weight excluding hydrogens is 440 g/mol. The fraction of sp³-hybridized carbons (Fsp3) is 0.560. The summed E-state index contributed by atoms with van der Waals surface area (Å²) in [5.74, 6) is -1.28. The van der Waals surface area contributed by atoms with Crippen molar-refractivity contribution in [1.29, 1.82) is 0 Å². The first kappa shape index (κ1) is 21.5. The molecule has 5 aliphatic rings. The second kappa shape index (κ2) is 6.75. The molecule has 3 heterocycles. The minimum absolute atomic E-state index is 0.0711. The average molecular weight is 469 g/mol. The maximum atomic E-state index is 12.9. The van der Waals surface area contributed by atoms with Gasteiger partial charge >= 0.3 is 5.97 Å². The summed E-state index contributed by atoms with van der Waals surface area (Å²) in [5.41, 5.74) is -0.0204. The van der Waals surface area contributed by atoms with E-state index in [4.69, 9.17) is 9.26 Å². The Labute approximate surface area is 196 Å². The van der Waals surface area contributed by atoms with Crippen molar-refractivity contribution in [2.75, 3.05) is 5.32 Å². The van der Waals surface area contributed by atoms with Crippen LogP contribution in [0.4, 0.5) is 5.69 Å². The first-order chi connectivity index (χ1) is 16.1. The van der Waals surface area contributed by atoms with Gasteiger partial charge in [0.1, 0.15) is 22.8 Å². The number of hydrogen-bond donors (Lipinski definition) is 4. The van der Waals surface area contributed by atoms with E-state index in [1.807, 2.05) is 6.20 Å². The Bertz CT molecular complexity index is 1220. The monoisotopic (exact) mass is 468 g/mol. The summed E-state index contributed by atoms with van der Waals surface area (Å²) in [4.78, 5) is 24.2. The number of fused-ring (bicyclic) bond motifs is 1. The number of aromatic hydroxyl groups is 2. The zero-order chi connectivity index (χ0) is 24.0. The number of ether oxygens (including phenoxy) is 1. The third-order valence-electron chi connectivity index (χ3n) is 9.10. The van der Waals surface area contributed by atoms with E-state index in [0.717, 1.165) is 49.1 Å². The molecule has 1 spiro atoms. The topological polar surface area (TPSA) is 142 Å². The number of carboxylic acids is 1. The molecule has 2 saturated heterocycles. The van der Waals surface area contributed by atoms with Crippen LogP contribution in [0, 0.1) is 17.3 Å². The van der Waals surface area contributed by atoms with Crippen molar-refractivity contribution >= 4 is 17.6 Å². The highest BCUT2D eigenvalue weighted by Gasteiger charge is 2.72. The molecule has 3 aliphatic carbocycles. The average Bonchev–Trinajstić information content (AvgIpc) is 3.37. The molecule has 1 amide bonds. The number of rotatable bonds is 5. The largest absolute Gasteiger partial charge is 0.506 e. The van der Waals surface area contributed by atoms with E-state index >= 15 is 0 Å². The van der Waals surface area contributed by atoms with Gasteiger partial charge < -0.3 is 29.9 Å². The number of carbonyl (C=O) groups is 2. The lowest BCUT2D eigenvalue weighted by Gasteiger charge is -2.57. The van der Waals surface area contributed by atoms with Gasteiger partial charge in [0, 0.05) is 23.3 Å². The molecule has 9 heteroatoms. The number of phenolic OH excluding ortho intramolecular Hbond substituents is 1. The summed E-state index contributed by atoms with van der Waals surface area (Å²) in [6.07, 6.45) is 6.54. The predicted molar refractivity (Wildman–Crippen MR) is 119 cm³/mol. The molecule has 7 rings (SSSR count). The number of nitrogens with zero attached hydrogens (tertiary/aromatic N) is 1. The van der Waals surface area contributed by atoms with Crippen LogP contribution in [0.5, 0.6) is 11.5 Å². The Kier molecular flexibility index (Phi) is 4.26. The first-order valence-corrected chi connectivity index (χ1v) is 11.8. The molecule has 6 atom stereocenters. The highest BCUT2D eigenvalue weighted by atomic mass is 16.5. The Morgan fingerprint density at radius 1 is 1.26 bits per heavy atom. The number of carbonyl (C=O) groups excluding carboxylic acids is 1. The molecule has 4 bridgehead atoms. The maximum absolute atomic E-state index is 12.9. The molecule has 0 unspecified atom stereocenters. The Hall–Kier alpha value is -3.07. The first-order valence-electron chi connectivity index (χ1n) is 11.8. The van der Waals surface area contributed by atoms with E-state index in [1.54, 1.807) is 0 Å². The Balaban J connectivity index is 1.28. The molecule has 1 aromatic carbocycles. The maximum Gasteiger partial charge on any atom is 0.339 e. The standard InChI is InChI=1S/C25H28N2O7/c1-23(6-5-17(29)27-18-15(28)4-3-14(19(18)30)22(31)32)20-16-7-13-9-25(20,11-24(13,2)33-16)8-12-10-26-34-21(12)23/h3-4,10,13,16,20,28,30H,5-9,11H2,1-2H3,(H,27,29)(H,31,32)/t13-,16+,20+,23+,24+,25+/m1/s1. The van der Waals surface area contributed by atoms with Gasteiger partial charge in [0.05, 0.1) is 17.9 Å². The van der Waals surface area contributed by atoms with Crippen molar-refractivity contribution in [3.05, 3.63) is 35.2 Å². The van der Waals surface area contributed by atoms with E-state index in [2.05, 4.69) is 24.3 Å². The molecule has 2 aromatic rings. The normalized spacial score (nSPS) is 36.8. The molecule has 1 aromatic heterocycles. The number of aromatic carboxylic acids is 1.